The van der Waals surface area contributed by atoms with E-state index in [0.717, 1.165) is 0 Å². The maximum absolute atomic E-state index is 13.4. The first-order valence-corrected chi connectivity index (χ1v) is 7.20. The summed E-state index contributed by atoms with van der Waals surface area (Å²) in [6, 6.07) is 12.6. The van der Waals surface area contributed by atoms with Gasteiger partial charge in [0.2, 0.25) is 0 Å². The molecule has 2 aromatic rings. The number of benzene rings is 2. The van der Waals surface area contributed by atoms with E-state index in [1.807, 2.05) is 0 Å². The van der Waals surface area contributed by atoms with Crippen LogP contribution in [0.1, 0.15) is 15.9 Å². The SMILES string of the molecule is COc1ccc(C(=O)NNC(=O)OCCc2ccccc2F)cc1. The van der Waals surface area contributed by atoms with Crippen molar-refractivity contribution in [1.82, 2.24) is 10.9 Å². The molecule has 0 aliphatic carbocycles. The largest absolute Gasteiger partial charge is 0.497 e. The van der Waals surface area contributed by atoms with E-state index >= 15 is 0 Å². The zero-order chi connectivity index (χ0) is 17.4. The lowest BCUT2D eigenvalue weighted by Gasteiger charge is -2.09. The Bertz CT molecular complexity index is 704. The first-order chi connectivity index (χ1) is 11.6. The summed E-state index contributed by atoms with van der Waals surface area (Å²) >= 11 is 0. The molecule has 0 saturated carbocycles. The molecular formula is C17H17FN2O4. The fourth-order valence-corrected chi connectivity index (χ4v) is 1.91. The minimum absolute atomic E-state index is 0.00876. The molecule has 24 heavy (non-hydrogen) atoms. The molecule has 2 amide bonds. The molecule has 0 fully saturated rings. The fraction of sp³-hybridized carbons (Fsp3) is 0.176. The number of rotatable bonds is 5. The summed E-state index contributed by atoms with van der Waals surface area (Å²) in [7, 11) is 1.52. The molecule has 0 aliphatic rings. The number of carbonyl (C=O) groups excluding carboxylic acids is 2. The number of nitrogens with one attached hydrogen (secondary N) is 2. The normalized spacial score (nSPS) is 9.92. The van der Waals surface area contributed by atoms with E-state index in [9.17, 15) is 14.0 Å². The summed E-state index contributed by atoms with van der Waals surface area (Å²) in [5.41, 5.74) is 5.14. The standard InChI is InChI=1S/C17H17FN2O4/c1-23-14-8-6-13(7-9-14)16(21)19-20-17(22)24-11-10-12-4-2-3-5-15(12)18/h2-9H,10-11H2,1H3,(H,19,21)(H,20,22). The van der Waals surface area contributed by atoms with Gasteiger partial charge >= 0.3 is 6.09 Å². The Balaban J connectivity index is 1.72. The monoisotopic (exact) mass is 332 g/mol. The van der Waals surface area contributed by atoms with Crippen molar-refractivity contribution in [2.24, 2.45) is 0 Å². The Morgan fingerprint density at radius 2 is 1.75 bits per heavy atom. The van der Waals surface area contributed by atoms with Gasteiger partial charge in [-0.15, -0.1) is 0 Å². The number of methoxy groups -OCH3 is 1. The summed E-state index contributed by atoms with van der Waals surface area (Å²) in [6.45, 7) is -0.00876. The third-order valence-corrected chi connectivity index (χ3v) is 3.19. The van der Waals surface area contributed by atoms with Crippen molar-refractivity contribution in [2.45, 2.75) is 6.42 Å². The first-order valence-electron chi connectivity index (χ1n) is 7.20. The van der Waals surface area contributed by atoms with E-state index in [0.29, 0.717) is 16.9 Å². The molecule has 0 radical (unpaired) electrons. The number of hydrazine groups is 1. The molecule has 0 aliphatic heterocycles. The highest BCUT2D eigenvalue weighted by Crippen LogP contribution is 2.11. The highest BCUT2D eigenvalue weighted by Gasteiger charge is 2.08. The van der Waals surface area contributed by atoms with Crippen LogP contribution in [-0.2, 0) is 11.2 Å². The Morgan fingerprint density at radius 3 is 2.42 bits per heavy atom. The molecule has 0 aromatic heterocycles. The molecule has 7 heteroatoms. The number of amides is 2. The second-order valence-electron chi connectivity index (χ2n) is 4.78. The van der Waals surface area contributed by atoms with Gasteiger partial charge in [0, 0.05) is 12.0 Å². The van der Waals surface area contributed by atoms with E-state index in [2.05, 4.69) is 10.9 Å². The zero-order valence-electron chi connectivity index (χ0n) is 13.0. The van der Waals surface area contributed by atoms with Crippen LogP contribution in [0.3, 0.4) is 0 Å². The smallest absolute Gasteiger partial charge is 0.426 e. The predicted octanol–water partition coefficient (Wildman–Crippen LogP) is 2.45. The zero-order valence-corrected chi connectivity index (χ0v) is 13.0. The second-order valence-corrected chi connectivity index (χ2v) is 4.78. The average Bonchev–Trinajstić information content (AvgIpc) is 2.61. The highest BCUT2D eigenvalue weighted by atomic mass is 19.1. The summed E-state index contributed by atoms with van der Waals surface area (Å²) in [5, 5.41) is 0. The van der Waals surface area contributed by atoms with Gasteiger partial charge in [-0.05, 0) is 35.9 Å². The van der Waals surface area contributed by atoms with Gasteiger partial charge in [-0.25, -0.2) is 14.6 Å². The van der Waals surface area contributed by atoms with Crippen molar-refractivity contribution in [3.05, 3.63) is 65.5 Å². The molecule has 6 nitrogen and oxygen atoms in total. The molecule has 0 atom stereocenters. The number of hydrogen-bond donors (Lipinski definition) is 2. The number of hydrogen-bond acceptors (Lipinski definition) is 4. The van der Waals surface area contributed by atoms with Crippen molar-refractivity contribution in [3.63, 3.8) is 0 Å². The van der Waals surface area contributed by atoms with E-state index in [1.54, 1.807) is 42.5 Å². The lowest BCUT2D eigenvalue weighted by molar-refractivity contribution is 0.0910. The van der Waals surface area contributed by atoms with Crippen LogP contribution < -0.4 is 15.6 Å². The van der Waals surface area contributed by atoms with E-state index in [-0.39, 0.29) is 18.8 Å². The van der Waals surface area contributed by atoms with Gasteiger partial charge in [0.25, 0.3) is 5.91 Å². The van der Waals surface area contributed by atoms with Crippen LogP contribution in [0.15, 0.2) is 48.5 Å². The van der Waals surface area contributed by atoms with Gasteiger partial charge in [0.1, 0.15) is 11.6 Å². The van der Waals surface area contributed by atoms with Gasteiger partial charge < -0.3 is 9.47 Å². The van der Waals surface area contributed by atoms with Crippen molar-refractivity contribution >= 4 is 12.0 Å². The predicted molar refractivity (Wildman–Crippen MR) is 85.0 cm³/mol. The summed E-state index contributed by atoms with van der Waals surface area (Å²) < 4.78 is 23.2. The third kappa shape index (κ3) is 4.98. The van der Waals surface area contributed by atoms with Crippen LogP contribution in [0.25, 0.3) is 0 Å². The van der Waals surface area contributed by atoms with Crippen LogP contribution in [0, 0.1) is 5.82 Å². The maximum atomic E-state index is 13.4. The second kappa shape index (κ2) is 8.52. The van der Waals surface area contributed by atoms with Crippen LogP contribution in [0.5, 0.6) is 5.75 Å². The van der Waals surface area contributed by atoms with E-state index in [1.165, 1.54) is 13.2 Å². The molecule has 0 heterocycles. The minimum Gasteiger partial charge on any atom is -0.497 e. The van der Waals surface area contributed by atoms with Crippen molar-refractivity contribution in [2.75, 3.05) is 13.7 Å². The van der Waals surface area contributed by atoms with Gasteiger partial charge in [0.15, 0.2) is 0 Å². The summed E-state index contributed by atoms with van der Waals surface area (Å²) in [4.78, 5) is 23.3. The molecule has 126 valence electrons. The molecule has 2 aromatic carbocycles. The van der Waals surface area contributed by atoms with Gasteiger partial charge in [-0.2, -0.15) is 0 Å². The lowest BCUT2D eigenvalue weighted by atomic mass is 10.1. The minimum atomic E-state index is -0.826. The number of halogens is 1. The number of ether oxygens (including phenoxy) is 2. The van der Waals surface area contributed by atoms with Gasteiger partial charge in [-0.3, -0.25) is 10.2 Å². The topological polar surface area (TPSA) is 76.7 Å². The fourth-order valence-electron chi connectivity index (χ4n) is 1.91. The van der Waals surface area contributed by atoms with Crippen molar-refractivity contribution < 1.29 is 23.5 Å². The van der Waals surface area contributed by atoms with E-state index < -0.39 is 12.0 Å². The first kappa shape index (κ1) is 17.3. The summed E-state index contributed by atoms with van der Waals surface area (Å²) in [6.07, 6.45) is -0.583. The van der Waals surface area contributed by atoms with Crippen molar-refractivity contribution in [1.29, 1.82) is 0 Å². The molecule has 2 rings (SSSR count). The Hall–Kier alpha value is -3.09. The maximum Gasteiger partial charge on any atom is 0.426 e. The number of carbonyl (C=O) groups is 2. The van der Waals surface area contributed by atoms with Crippen LogP contribution in [-0.4, -0.2) is 25.7 Å². The molecular weight excluding hydrogens is 315 g/mol. The quantitative estimate of drug-likeness (QED) is 0.825. The molecule has 0 saturated heterocycles. The molecule has 0 unspecified atom stereocenters. The Kier molecular flexibility index (Phi) is 6.13. The van der Waals surface area contributed by atoms with Gasteiger partial charge in [-0.1, -0.05) is 18.2 Å². The lowest BCUT2D eigenvalue weighted by Crippen LogP contribution is -2.42. The van der Waals surface area contributed by atoms with Crippen LogP contribution in [0.2, 0.25) is 0 Å². The highest BCUT2D eigenvalue weighted by molar-refractivity contribution is 5.95. The van der Waals surface area contributed by atoms with Crippen LogP contribution >= 0.6 is 0 Å². The summed E-state index contributed by atoms with van der Waals surface area (Å²) in [5.74, 6) is -0.231. The van der Waals surface area contributed by atoms with Gasteiger partial charge in [0.05, 0.1) is 13.7 Å². The van der Waals surface area contributed by atoms with Crippen LogP contribution in [0.4, 0.5) is 9.18 Å². The molecule has 0 spiro atoms. The van der Waals surface area contributed by atoms with E-state index in [4.69, 9.17) is 9.47 Å². The Labute approximate surface area is 138 Å². The third-order valence-electron chi connectivity index (χ3n) is 3.19. The Morgan fingerprint density at radius 1 is 1.04 bits per heavy atom. The molecule has 0 bridgehead atoms. The average molecular weight is 332 g/mol. The molecule has 2 N–H and O–H groups in total. The van der Waals surface area contributed by atoms with Crippen molar-refractivity contribution in [3.8, 4) is 5.75 Å².